The molecule has 1 aliphatic carbocycles. The largest absolute Gasteiger partial charge is 0.335 e. The molecule has 24 heavy (non-hydrogen) atoms. The molecule has 1 amide bonds. The van der Waals surface area contributed by atoms with Crippen molar-refractivity contribution >= 4 is 17.5 Å². The smallest absolute Gasteiger partial charge is 0.283 e. The second-order valence-corrected chi connectivity index (χ2v) is 7.37. The summed E-state index contributed by atoms with van der Waals surface area (Å²) in [7, 11) is 1.48. The van der Waals surface area contributed by atoms with E-state index in [9.17, 15) is 13.6 Å². The molecule has 2 heterocycles. The fraction of sp³-hybridized carbons (Fsp3) is 0.765. The fourth-order valence-corrected chi connectivity index (χ4v) is 4.39. The highest BCUT2D eigenvalue weighted by atomic mass is 35.5. The van der Waals surface area contributed by atoms with Crippen LogP contribution in [-0.2, 0) is 7.05 Å². The van der Waals surface area contributed by atoms with Crippen LogP contribution in [0.2, 0.25) is 5.15 Å². The summed E-state index contributed by atoms with van der Waals surface area (Å²) in [5.74, 6) is 0.262. The Kier molecular flexibility index (Phi) is 5.42. The molecule has 134 valence electrons. The zero-order valence-electron chi connectivity index (χ0n) is 14.0. The number of carbonyl (C=O) groups is 1. The van der Waals surface area contributed by atoms with E-state index < -0.39 is 12.1 Å². The number of amides is 1. The van der Waals surface area contributed by atoms with Gasteiger partial charge in [0.05, 0.1) is 0 Å². The van der Waals surface area contributed by atoms with Crippen LogP contribution in [0.25, 0.3) is 0 Å². The lowest BCUT2D eigenvalue weighted by Crippen LogP contribution is -2.37. The summed E-state index contributed by atoms with van der Waals surface area (Å²) in [4.78, 5) is 14.7. The van der Waals surface area contributed by atoms with Crippen molar-refractivity contribution in [3.05, 3.63) is 16.4 Å². The third-order valence-corrected chi connectivity index (χ3v) is 5.83. The summed E-state index contributed by atoms with van der Waals surface area (Å²) in [5.41, 5.74) is -0.625. The number of carbonyl (C=O) groups excluding carboxylic acids is 1. The van der Waals surface area contributed by atoms with Crippen LogP contribution < -0.4 is 0 Å². The maximum Gasteiger partial charge on any atom is 0.283 e. The maximum atomic E-state index is 13.2. The summed E-state index contributed by atoms with van der Waals surface area (Å²) < 4.78 is 27.6. The second-order valence-electron chi connectivity index (χ2n) is 7.01. The van der Waals surface area contributed by atoms with Crippen molar-refractivity contribution in [2.45, 2.75) is 63.8 Å². The Morgan fingerprint density at radius 1 is 1.25 bits per heavy atom. The highest BCUT2D eigenvalue weighted by molar-refractivity contribution is 6.33. The van der Waals surface area contributed by atoms with Crippen LogP contribution in [0.5, 0.6) is 0 Å². The van der Waals surface area contributed by atoms with Gasteiger partial charge in [0, 0.05) is 19.6 Å². The van der Waals surface area contributed by atoms with Crippen molar-refractivity contribution < 1.29 is 13.6 Å². The first-order valence-electron chi connectivity index (χ1n) is 8.80. The van der Waals surface area contributed by atoms with Gasteiger partial charge in [-0.05, 0) is 25.2 Å². The molecule has 4 nitrogen and oxygen atoms in total. The fourth-order valence-electron chi connectivity index (χ4n) is 4.17. The molecular formula is C17H24ClF2N3O. The molecule has 1 aromatic heterocycles. The van der Waals surface area contributed by atoms with Crippen LogP contribution in [-0.4, -0.2) is 33.2 Å². The van der Waals surface area contributed by atoms with Crippen LogP contribution in [0, 0.1) is 5.92 Å². The van der Waals surface area contributed by atoms with E-state index in [-0.39, 0.29) is 22.7 Å². The lowest BCUT2D eigenvalue weighted by molar-refractivity contribution is 0.0699. The van der Waals surface area contributed by atoms with Gasteiger partial charge < -0.3 is 4.90 Å². The molecule has 2 aliphatic rings. The van der Waals surface area contributed by atoms with Gasteiger partial charge in [-0.3, -0.25) is 9.48 Å². The molecule has 2 fully saturated rings. The Labute approximate surface area is 146 Å². The first-order chi connectivity index (χ1) is 11.5. The minimum atomic E-state index is -2.80. The summed E-state index contributed by atoms with van der Waals surface area (Å²) >= 11 is 6.09. The molecule has 0 radical (unpaired) electrons. The molecule has 1 aliphatic heterocycles. The first kappa shape index (κ1) is 17.6. The molecule has 1 unspecified atom stereocenters. The van der Waals surface area contributed by atoms with E-state index in [0.29, 0.717) is 12.5 Å². The number of alkyl halides is 2. The minimum absolute atomic E-state index is 0.00128. The standard InChI is InChI=1S/C17H24ClF2N3O/c1-22-15(18)13(14(21-22)16(19)20)17(24)23-9-5-8-12(23)10-11-6-3-2-4-7-11/h11-12,16H,2-10H2,1H3. The van der Waals surface area contributed by atoms with Gasteiger partial charge in [0.25, 0.3) is 12.3 Å². The van der Waals surface area contributed by atoms with Crippen molar-refractivity contribution in [1.82, 2.24) is 14.7 Å². The lowest BCUT2D eigenvalue weighted by atomic mass is 9.84. The predicted molar refractivity (Wildman–Crippen MR) is 88.4 cm³/mol. The molecule has 0 bridgehead atoms. The van der Waals surface area contributed by atoms with E-state index in [1.807, 2.05) is 0 Å². The average molecular weight is 360 g/mol. The number of aromatic nitrogens is 2. The Balaban J connectivity index is 1.78. The maximum absolute atomic E-state index is 13.2. The molecule has 7 heteroatoms. The number of nitrogens with zero attached hydrogens (tertiary/aromatic N) is 3. The number of hydrogen-bond donors (Lipinski definition) is 0. The highest BCUT2D eigenvalue weighted by Crippen LogP contribution is 2.35. The Morgan fingerprint density at radius 2 is 1.96 bits per heavy atom. The second kappa shape index (κ2) is 7.38. The van der Waals surface area contributed by atoms with Gasteiger partial charge in [0.1, 0.15) is 16.4 Å². The number of halogens is 3. The molecule has 1 aromatic rings. The van der Waals surface area contributed by atoms with Gasteiger partial charge in [-0.2, -0.15) is 5.10 Å². The average Bonchev–Trinajstić information content (AvgIpc) is 3.13. The molecule has 0 spiro atoms. The normalized spacial score (nSPS) is 22.5. The lowest BCUT2D eigenvalue weighted by Gasteiger charge is -2.30. The van der Waals surface area contributed by atoms with Crippen LogP contribution in [0.4, 0.5) is 8.78 Å². The Hall–Kier alpha value is -1.17. The SMILES string of the molecule is Cn1nc(C(F)F)c(C(=O)N2CCCC2CC2CCCCC2)c1Cl. The van der Waals surface area contributed by atoms with E-state index in [4.69, 9.17) is 11.6 Å². The number of aryl methyl sites for hydroxylation is 1. The van der Waals surface area contributed by atoms with Crippen molar-refractivity contribution in [1.29, 1.82) is 0 Å². The third-order valence-electron chi connectivity index (χ3n) is 5.39. The summed E-state index contributed by atoms with van der Waals surface area (Å²) in [6.45, 7) is 0.615. The third kappa shape index (κ3) is 3.44. The van der Waals surface area contributed by atoms with Crippen molar-refractivity contribution in [2.75, 3.05) is 6.54 Å². The molecule has 3 rings (SSSR count). The van der Waals surface area contributed by atoms with Gasteiger partial charge >= 0.3 is 0 Å². The molecule has 1 atom stereocenters. The zero-order valence-corrected chi connectivity index (χ0v) is 14.7. The highest BCUT2D eigenvalue weighted by Gasteiger charge is 2.36. The number of rotatable bonds is 4. The quantitative estimate of drug-likeness (QED) is 0.788. The van der Waals surface area contributed by atoms with E-state index >= 15 is 0 Å². The molecular weight excluding hydrogens is 336 g/mol. The van der Waals surface area contributed by atoms with Gasteiger partial charge in [-0.1, -0.05) is 43.7 Å². The predicted octanol–water partition coefficient (Wildman–Crippen LogP) is 4.59. The monoisotopic (exact) mass is 359 g/mol. The first-order valence-corrected chi connectivity index (χ1v) is 9.18. The van der Waals surface area contributed by atoms with Crippen molar-refractivity contribution in [3.8, 4) is 0 Å². The van der Waals surface area contributed by atoms with E-state index in [1.54, 1.807) is 4.90 Å². The van der Waals surface area contributed by atoms with Gasteiger partial charge in [0.2, 0.25) is 0 Å². The minimum Gasteiger partial charge on any atom is -0.335 e. The van der Waals surface area contributed by atoms with Crippen LogP contribution >= 0.6 is 11.6 Å². The topological polar surface area (TPSA) is 38.1 Å². The Bertz CT molecular complexity index is 599. The van der Waals surface area contributed by atoms with E-state index in [0.717, 1.165) is 23.9 Å². The number of hydrogen-bond acceptors (Lipinski definition) is 2. The van der Waals surface area contributed by atoms with Crippen molar-refractivity contribution in [2.24, 2.45) is 13.0 Å². The van der Waals surface area contributed by atoms with Crippen LogP contribution in [0.15, 0.2) is 0 Å². The van der Waals surface area contributed by atoms with Gasteiger partial charge in [0.15, 0.2) is 0 Å². The zero-order chi connectivity index (χ0) is 17.3. The molecule has 1 saturated carbocycles. The molecule has 0 aromatic carbocycles. The summed E-state index contributed by atoms with van der Waals surface area (Å²) in [6, 6.07) is 0.141. The Morgan fingerprint density at radius 3 is 2.62 bits per heavy atom. The van der Waals surface area contributed by atoms with Gasteiger partial charge in [-0.15, -0.1) is 0 Å². The van der Waals surface area contributed by atoms with E-state index in [1.165, 1.54) is 39.2 Å². The van der Waals surface area contributed by atoms with E-state index in [2.05, 4.69) is 5.10 Å². The summed E-state index contributed by atoms with van der Waals surface area (Å²) in [5, 5.41) is 3.73. The van der Waals surface area contributed by atoms with Crippen LogP contribution in [0.1, 0.15) is 73.8 Å². The van der Waals surface area contributed by atoms with Crippen LogP contribution in [0.3, 0.4) is 0 Å². The number of likely N-dealkylation sites (tertiary alicyclic amines) is 1. The molecule has 1 saturated heterocycles. The molecule has 0 N–H and O–H groups in total. The summed E-state index contributed by atoms with van der Waals surface area (Å²) in [6.07, 6.45) is 6.30. The van der Waals surface area contributed by atoms with Crippen molar-refractivity contribution in [3.63, 3.8) is 0 Å². The van der Waals surface area contributed by atoms with Gasteiger partial charge in [-0.25, -0.2) is 8.78 Å².